The maximum absolute atomic E-state index is 13.3. The summed E-state index contributed by atoms with van der Waals surface area (Å²) >= 11 is 0. The first-order valence-electron chi connectivity index (χ1n) is 7.77. The maximum atomic E-state index is 13.3. The van der Waals surface area contributed by atoms with Gasteiger partial charge in [0.05, 0.1) is 17.1 Å². The number of nitrogens with one attached hydrogen (secondary N) is 1. The number of benzene rings is 2. The number of hydrogen-bond donors (Lipinski definition) is 1. The van der Waals surface area contributed by atoms with Crippen LogP contribution in [0, 0.1) is 11.6 Å². The number of nitrogens with zero attached hydrogens (tertiary/aromatic N) is 2. The molecule has 4 rings (SSSR count). The smallest absolute Gasteiger partial charge is 0.161 e. The van der Waals surface area contributed by atoms with Crippen molar-refractivity contribution in [3.05, 3.63) is 65.0 Å². The lowest BCUT2D eigenvalue weighted by Gasteiger charge is -2.32. The summed E-state index contributed by atoms with van der Waals surface area (Å²) in [5.74, 6) is -0.980. The number of halogens is 2. The van der Waals surface area contributed by atoms with Crippen molar-refractivity contribution in [2.45, 2.75) is 25.9 Å². The molecule has 5 heteroatoms. The van der Waals surface area contributed by atoms with Crippen molar-refractivity contribution in [3.8, 4) is 0 Å². The number of fused-ring (bicyclic) bond motifs is 2. The van der Waals surface area contributed by atoms with E-state index in [0.717, 1.165) is 31.4 Å². The van der Waals surface area contributed by atoms with E-state index in [-0.39, 0.29) is 6.04 Å². The van der Waals surface area contributed by atoms with Gasteiger partial charge in [0.1, 0.15) is 5.82 Å². The third-order valence-electron chi connectivity index (χ3n) is 4.65. The molecule has 3 nitrogen and oxygen atoms in total. The van der Waals surface area contributed by atoms with Gasteiger partial charge in [-0.1, -0.05) is 24.3 Å². The zero-order valence-corrected chi connectivity index (χ0v) is 12.8. The van der Waals surface area contributed by atoms with Gasteiger partial charge in [-0.15, -0.1) is 0 Å². The van der Waals surface area contributed by atoms with Crippen LogP contribution in [0.25, 0.3) is 11.0 Å². The van der Waals surface area contributed by atoms with E-state index in [0.29, 0.717) is 11.0 Å². The van der Waals surface area contributed by atoms with Gasteiger partial charge in [-0.25, -0.2) is 13.8 Å². The average molecular weight is 313 g/mol. The highest BCUT2D eigenvalue weighted by molar-refractivity contribution is 5.75. The number of aromatic nitrogens is 2. The monoisotopic (exact) mass is 313 g/mol. The Morgan fingerprint density at radius 2 is 1.87 bits per heavy atom. The molecule has 1 atom stereocenters. The highest BCUT2D eigenvalue weighted by Gasteiger charge is 2.23. The fourth-order valence-corrected chi connectivity index (χ4v) is 3.24. The van der Waals surface area contributed by atoms with E-state index in [1.807, 2.05) is 0 Å². The SMILES string of the molecule is CC(c1nc2cc(F)c(F)cc2[nH]1)N1CCc2ccccc2C1. The molecular weight excluding hydrogens is 296 g/mol. The number of imidazole rings is 1. The molecule has 1 aromatic heterocycles. The van der Waals surface area contributed by atoms with E-state index >= 15 is 0 Å². The quantitative estimate of drug-likeness (QED) is 0.776. The molecule has 0 spiro atoms. The predicted molar refractivity (Wildman–Crippen MR) is 85.0 cm³/mol. The molecule has 1 aliphatic rings. The summed E-state index contributed by atoms with van der Waals surface area (Å²) in [7, 11) is 0. The molecule has 1 aliphatic heterocycles. The van der Waals surface area contributed by atoms with Crippen molar-refractivity contribution in [1.29, 1.82) is 0 Å². The lowest BCUT2D eigenvalue weighted by Crippen LogP contribution is -2.33. The minimum absolute atomic E-state index is 0.0573. The van der Waals surface area contributed by atoms with Crippen LogP contribution in [0.4, 0.5) is 8.78 Å². The van der Waals surface area contributed by atoms with Crippen molar-refractivity contribution in [1.82, 2.24) is 14.9 Å². The van der Waals surface area contributed by atoms with E-state index in [1.165, 1.54) is 17.2 Å². The highest BCUT2D eigenvalue weighted by atomic mass is 19.2. The van der Waals surface area contributed by atoms with Crippen LogP contribution in [0.2, 0.25) is 0 Å². The van der Waals surface area contributed by atoms with Gasteiger partial charge in [0, 0.05) is 25.2 Å². The van der Waals surface area contributed by atoms with Gasteiger partial charge in [-0.2, -0.15) is 0 Å². The van der Waals surface area contributed by atoms with E-state index in [2.05, 4.69) is 46.1 Å². The fourth-order valence-electron chi connectivity index (χ4n) is 3.24. The third-order valence-corrected chi connectivity index (χ3v) is 4.65. The van der Waals surface area contributed by atoms with Crippen molar-refractivity contribution in [3.63, 3.8) is 0 Å². The summed E-state index contributed by atoms with van der Waals surface area (Å²) in [4.78, 5) is 9.89. The van der Waals surface area contributed by atoms with Crippen molar-refractivity contribution in [2.24, 2.45) is 0 Å². The largest absolute Gasteiger partial charge is 0.341 e. The summed E-state index contributed by atoms with van der Waals surface area (Å²) in [6, 6.07) is 10.8. The van der Waals surface area contributed by atoms with Crippen LogP contribution in [-0.4, -0.2) is 21.4 Å². The molecule has 3 aromatic rings. The molecule has 23 heavy (non-hydrogen) atoms. The summed E-state index contributed by atoms with van der Waals surface area (Å²) in [6.07, 6.45) is 1.00. The van der Waals surface area contributed by atoms with E-state index in [1.54, 1.807) is 0 Å². The van der Waals surface area contributed by atoms with Crippen LogP contribution in [0.3, 0.4) is 0 Å². The normalized spacial score (nSPS) is 16.5. The molecule has 0 aliphatic carbocycles. The number of H-pyrrole nitrogens is 1. The van der Waals surface area contributed by atoms with Crippen LogP contribution in [0.15, 0.2) is 36.4 Å². The summed E-state index contributed by atoms with van der Waals surface area (Å²) in [5.41, 5.74) is 3.72. The molecule has 0 radical (unpaired) electrons. The first-order valence-corrected chi connectivity index (χ1v) is 7.77. The molecule has 0 saturated heterocycles. The first-order chi connectivity index (χ1) is 11.1. The van der Waals surface area contributed by atoms with Crippen molar-refractivity contribution in [2.75, 3.05) is 6.54 Å². The van der Waals surface area contributed by atoms with Gasteiger partial charge in [0.15, 0.2) is 11.6 Å². The minimum Gasteiger partial charge on any atom is -0.341 e. The Hall–Kier alpha value is -2.27. The summed E-state index contributed by atoms with van der Waals surface area (Å²) in [6.45, 7) is 3.87. The molecule has 0 bridgehead atoms. The maximum Gasteiger partial charge on any atom is 0.161 e. The Labute approximate surface area is 133 Å². The molecule has 0 saturated carbocycles. The van der Waals surface area contributed by atoms with Gasteiger partial charge < -0.3 is 4.98 Å². The number of hydrogen-bond acceptors (Lipinski definition) is 2. The second-order valence-electron chi connectivity index (χ2n) is 6.07. The van der Waals surface area contributed by atoms with Crippen molar-refractivity contribution < 1.29 is 8.78 Å². The number of rotatable bonds is 2. The average Bonchev–Trinajstić information content (AvgIpc) is 2.97. The lowest BCUT2D eigenvalue weighted by molar-refractivity contribution is 0.186. The molecular formula is C18H17F2N3. The zero-order chi connectivity index (χ0) is 16.0. The highest BCUT2D eigenvalue weighted by Crippen LogP contribution is 2.27. The third kappa shape index (κ3) is 2.51. The molecule has 1 unspecified atom stereocenters. The Morgan fingerprint density at radius 3 is 2.70 bits per heavy atom. The second-order valence-corrected chi connectivity index (χ2v) is 6.07. The molecule has 0 amide bonds. The summed E-state index contributed by atoms with van der Waals surface area (Å²) < 4.78 is 26.7. The molecule has 0 fully saturated rings. The van der Waals surface area contributed by atoms with E-state index in [9.17, 15) is 8.78 Å². The van der Waals surface area contributed by atoms with Gasteiger partial charge in [0.2, 0.25) is 0 Å². The molecule has 2 aromatic carbocycles. The van der Waals surface area contributed by atoms with Gasteiger partial charge >= 0.3 is 0 Å². The van der Waals surface area contributed by atoms with Gasteiger partial charge in [0.25, 0.3) is 0 Å². The standard InChI is InChI=1S/C18H17F2N3/c1-11(23-7-6-12-4-2-3-5-13(12)10-23)18-21-16-8-14(19)15(20)9-17(16)22-18/h2-5,8-9,11H,6-7,10H2,1H3,(H,21,22). The van der Waals surface area contributed by atoms with Gasteiger partial charge in [-0.3, -0.25) is 4.90 Å². The fraction of sp³-hybridized carbons (Fsp3) is 0.278. The molecule has 2 heterocycles. The van der Waals surface area contributed by atoms with Crippen LogP contribution in [0.1, 0.15) is 29.9 Å². The van der Waals surface area contributed by atoms with Crippen LogP contribution in [-0.2, 0) is 13.0 Å². The Kier molecular flexibility index (Phi) is 3.38. The second kappa shape index (κ2) is 5.42. The topological polar surface area (TPSA) is 31.9 Å². The number of aromatic amines is 1. The van der Waals surface area contributed by atoms with Crippen molar-refractivity contribution >= 4 is 11.0 Å². The van der Waals surface area contributed by atoms with Gasteiger partial charge in [-0.05, 0) is 24.5 Å². The summed E-state index contributed by atoms with van der Waals surface area (Å²) in [5, 5.41) is 0. The Bertz CT molecular complexity index is 833. The Morgan fingerprint density at radius 1 is 1.13 bits per heavy atom. The lowest BCUT2D eigenvalue weighted by atomic mass is 9.99. The Balaban J connectivity index is 1.63. The van der Waals surface area contributed by atoms with E-state index in [4.69, 9.17) is 0 Å². The zero-order valence-electron chi connectivity index (χ0n) is 12.8. The predicted octanol–water partition coefficient (Wildman–Crippen LogP) is 3.96. The van der Waals surface area contributed by atoms with E-state index < -0.39 is 11.6 Å². The minimum atomic E-state index is -0.866. The first kappa shape index (κ1) is 14.3. The van der Waals surface area contributed by atoms with Crippen LogP contribution in [0.5, 0.6) is 0 Å². The molecule has 1 N–H and O–H groups in total. The van der Waals surface area contributed by atoms with Crippen LogP contribution < -0.4 is 0 Å². The van der Waals surface area contributed by atoms with Crippen LogP contribution >= 0.6 is 0 Å². The molecule has 118 valence electrons.